The molecule has 3 rings (SSSR count). The summed E-state index contributed by atoms with van der Waals surface area (Å²) in [6, 6.07) is 3.60. The minimum absolute atomic E-state index is 0.0997. The SMILES string of the molecule is CCc1cc(C(=O)N2CC[C@@H](c3nccc(C)n3)C2)on1. The molecule has 1 fully saturated rings. The Morgan fingerprint density at radius 2 is 2.38 bits per heavy atom. The van der Waals surface area contributed by atoms with Crippen LogP contribution in [0.4, 0.5) is 0 Å². The van der Waals surface area contributed by atoms with Gasteiger partial charge in [0.15, 0.2) is 0 Å². The van der Waals surface area contributed by atoms with E-state index < -0.39 is 0 Å². The summed E-state index contributed by atoms with van der Waals surface area (Å²) < 4.78 is 5.12. The van der Waals surface area contributed by atoms with Crippen molar-refractivity contribution in [2.24, 2.45) is 0 Å². The van der Waals surface area contributed by atoms with Gasteiger partial charge in [-0.25, -0.2) is 9.97 Å². The Morgan fingerprint density at radius 1 is 1.52 bits per heavy atom. The number of likely N-dealkylation sites (tertiary alicyclic amines) is 1. The quantitative estimate of drug-likeness (QED) is 0.862. The third kappa shape index (κ3) is 2.79. The Hall–Kier alpha value is -2.24. The predicted molar refractivity (Wildman–Crippen MR) is 75.9 cm³/mol. The molecule has 6 heteroatoms. The molecule has 0 spiro atoms. The van der Waals surface area contributed by atoms with Gasteiger partial charge in [-0.3, -0.25) is 4.79 Å². The minimum Gasteiger partial charge on any atom is -0.351 e. The number of carbonyl (C=O) groups excluding carboxylic acids is 1. The molecule has 6 nitrogen and oxygen atoms in total. The van der Waals surface area contributed by atoms with Crippen LogP contribution in [-0.4, -0.2) is 39.0 Å². The molecule has 1 saturated heterocycles. The van der Waals surface area contributed by atoms with Crippen LogP contribution in [0.5, 0.6) is 0 Å². The molecular formula is C15H18N4O2. The summed E-state index contributed by atoms with van der Waals surface area (Å²) in [5, 5.41) is 3.87. The number of nitrogens with zero attached hydrogens (tertiary/aromatic N) is 4. The second-order valence-corrected chi connectivity index (χ2v) is 5.33. The average molecular weight is 286 g/mol. The van der Waals surface area contributed by atoms with Crippen LogP contribution < -0.4 is 0 Å². The molecule has 1 amide bonds. The number of aryl methyl sites for hydroxylation is 2. The monoisotopic (exact) mass is 286 g/mol. The van der Waals surface area contributed by atoms with Crippen molar-refractivity contribution in [3.63, 3.8) is 0 Å². The van der Waals surface area contributed by atoms with Crippen LogP contribution in [-0.2, 0) is 6.42 Å². The largest absolute Gasteiger partial charge is 0.351 e. The molecule has 3 heterocycles. The Morgan fingerprint density at radius 3 is 3.10 bits per heavy atom. The lowest BCUT2D eigenvalue weighted by molar-refractivity contribution is 0.0749. The molecule has 1 aliphatic rings. The molecule has 2 aromatic rings. The van der Waals surface area contributed by atoms with Crippen LogP contribution in [0.3, 0.4) is 0 Å². The van der Waals surface area contributed by atoms with Gasteiger partial charge in [-0.05, 0) is 25.8 Å². The zero-order valence-electron chi connectivity index (χ0n) is 12.2. The molecule has 1 atom stereocenters. The van der Waals surface area contributed by atoms with E-state index in [-0.39, 0.29) is 11.8 Å². The summed E-state index contributed by atoms with van der Waals surface area (Å²) >= 11 is 0. The Bertz CT molecular complexity index is 653. The van der Waals surface area contributed by atoms with E-state index >= 15 is 0 Å². The molecule has 2 aromatic heterocycles. The van der Waals surface area contributed by atoms with Crippen molar-refractivity contribution in [1.29, 1.82) is 0 Å². The van der Waals surface area contributed by atoms with Crippen LogP contribution in [0.25, 0.3) is 0 Å². The van der Waals surface area contributed by atoms with E-state index in [0.717, 1.165) is 30.1 Å². The maximum atomic E-state index is 12.4. The molecule has 0 N–H and O–H groups in total. The van der Waals surface area contributed by atoms with E-state index in [1.807, 2.05) is 19.9 Å². The lowest BCUT2D eigenvalue weighted by atomic mass is 10.1. The van der Waals surface area contributed by atoms with Gasteiger partial charge in [-0.2, -0.15) is 0 Å². The van der Waals surface area contributed by atoms with Crippen LogP contribution in [0.2, 0.25) is 0 Å². The van der Waals surface area contributed by atoms with Crippen molar-refractivity contribution >= 4 is 5.91 Å². The van der Waals surface area contributed by atoms with Gasteiger partial charge < -0.3 is 9.42 Å². The molecule has 21 heavy (non-hydrogen) atoms. The first kappa shape index (κ1) is 13.7. The van der Waals surface area contributed by atoms with Crippen molar-refractivity contribution < 1.29 is 9.32 Å². The third-order valence-electron chi connectivity index (χ3n) is 3.79. The zero-order valence-corrected chi connectivity index (χ0v) is 12.2. The Labute approximate surface area is 123 Å². The molecule has 0 aliphatic carbocycles. The van der Waals surface area contributed by atoms with Gasteiger partial charge in [0.2, 0.25) is 5.76 Å². The van der Waals surface area contributed by atoms with Gasteiger partial charge in [-0.1, -0.05) is 12.1 Å². The van der Waals surface area contributed by atoms with Crippen LogP contribution in [0, 0.1) is 6.92 Å². The van der Waals surface area contributed by atoms with E-state index in [1.165, 1.54) is 0 Å². The molecule has 0 unspecified atom stereocenters. The minimum atomic E-state index is -0.0997. The standard InChI is InChI=1S/C15H18N4O2/c1-3-12-8-13(21-18-12)15(20)19-7-5-11(9-19)14-16-6-4-10(2)17-14/h4,6,8,11H,3,5,7,9H2,1-2H3/t11-/m1/s1. The molecule has 0 saturated carbocycles. The summed E-state index contributed by atoms with van der Waals surface area (Å²) in [6.45, 7) is 5.25. The van der Waals surface area contributed by atoms with E-state index in [0.29, 0.717) is 18.8 Å². The average Bonchev–Trinajstić information content (AvgIpc) is 3.16. The van der Waals surface area contributed by atoms with Crippen LogP contribution in [0.1, 0.15) is 47.0 Å². The van der Waals surface area contributed by atoms with Crippen LogP contribution >= 0.6 is 0 Å². The molecule has 110 valence electrons. The smallest absolute Gasteiger partial charge is 0.292 e. The lowest BCUT2D eigenvalue weighted by Crippen LogP contribution is -2.28. The Balaban J connectivity index is 1.70. The fourth-order valence-corrected chi connectivity index (χ4v) is 2.56. The van der Waals surface area contributed by atoms with E-state index in [1.54, 1.807) is 17.2 Å². The summed E-state index contributed by atoms with van der Waals surface area (Å²) in [5.41, 5.74) is 1.75. The lowest BCUT2D eigenvalue weighted by Gasteiger charge is -2.14. The molecule has 0 aromatic carbocycles. The number of amides is 1. The fourth-order valence-electron chi connectivity index (χ4n) is 2.56. The second-order valence-electron chi connectivity index (χ2n) is 5.33. The van der Waals surface area contributed by atoms with Gasteiger partial charge in [0, 0.05) is 37.0 Å². The number of carbonyl (C=O) groups is 1. The van der Waals surface area contributed by atoms with E-state index in [4.69, 9.17) is 4.52 Å². The first-order valence-electron chi connectivity index (χ1n) is 7.21. The topological polar surface area (TPSA) is 72.1 Å². The highest BCUT2D eigenvalue weighted by Crippen LogP contribution is 2.26. The fraction of sp³-hybridized carbons (Fsp3) is 0.467. The predicted octanol–water partition coefficient (Wildman–Crippen LogP) is 1.97. The zero-order chi connectivity index (χ0) is 14.8. The van der Waals surface area contributed by atoms with Crippen molar-refractivity contribution in [2.45, 2.75) is 32.6 Å². The van der Waals surface area contributed by atoms with Crippen molar-refractivity contribution in [3.05, 3.63) is 41.3 Å². The summed E-state index contributed by atoms with van der Waals surface area (Å²) in [7, 11) is 0. The maximum Gasteiger partial charge on any atom is 0.292 e. The van der Waals surface area contributed by atoms with Crippen molar-refractivity contribution in [2.75, 3.05) is 13.1 Å². The molecule has 0 bridgehead atoms. The third-order valence-corrected chi connectivity index (χ3v) is 3.79. The van der Waals surface area contributed by atoms with Gasteiger partial charge >= 0.3 is 0 Å². The first-order valence-corrected chi connectivity index (χ1v) is 7.21. The maximum absolute atomic E-state index is 12.4. The summed E-state index contributed by atoms with van der Waals surface area (Å²) in [4.78, 5) is 22.9. The number of rotatable bonds is 3. The molecule has 0 radical (unpaired) electrons. The summed E-state index contributed by atoms with van der Waals surface area (Å²) in [6.07, 6.45) is 3.41. The highest BCUT2D eigenvalue weighted by molar-refractivity contribution is 5.91. The van der Waals surface area contributed by atoms with Gasteiger partial charge in [0.25, 0.3) is 5.91 Å². The van der Waals surface area contributed by atoms with Crippen molar-refractivity contribution in [1.82, 2.24) is 20.0 Å². The van der Waals surface area contributed by atoms with Gasteiger partial charge in [0.05, 0.1) is 5.69 Å². The van der Waals surface area contributed by atoms with Crippen LogP contribution in [0.15, 0.2) is 22.9 Å². The molecular weight excluding hydrogens is 268 g/mol. The van der Waals surface area contributed by atoms with E-state index in [9.17, 15) is 4.79 Å². The van der Waals surface area contributed by atoms with E-state index in [2.05, 4.69) is 15.1 Å². The normalized spacial score (nSPS) is 18.2. The summed E-state index contributed by atoms with van der Waals surface area (Å²) in [5.74, 6) is 1.23. The van der Waals surface area contributed by atoms with Gasteiger partial charge in [-0.15, -0.1) is 0 Å². The number of hydrogen-bond acceptors (Lipinski definition) is 5. The second kappa shape index (κ2) is 5.63. The number of hydrogen-bond donors (Lipinski definition) is 0. The Kier molecular flexibility index (Phi) is 3.68. The molecule has 1 aliphatic heterocycles. The number of aromatic nitrogens is 3. The van der Waals surface area contributed by atoms with Gasteiger partial charge in [0.1, 0.15) is 5.82 Å². The highest BCUT2D eigenvalue weighted by atomic mass is 16.5. The first-order chi connectivity index (χ1) is 10.2. The highest BCUT2D eigenvalue weighted by Gasteiger charge is 2.31. The van der Waals surface area contributed by atoms with Crippen molar-refractivity contribution in [3.8, 4) is 0 Å².